The number of benzene rings is 1. The Hall–Kier alpha value is -2.10. The first-order valence-electron chi connectivity index (χ1n) is 8.60. The second-order valence-electron chi connectivity index (χ2n) is 6.73. The van der Waals surface area contributed by atoms with Gasteiger partial charge in [-0.3, -0.25) is 9.59 Å². The maximum Gasteiger partial charge on any atom is 0.308 e. The summed E-state index contributed by atoms with van der Waals surface area (Å²) < 4.78 is 5.49. The van der Waals surface area contributed by atoms with E-state index in [1.807, 2.05) is 31.2 Å². The lowest BCUT2D eigenvalue weighted by atomic mass is 9.85. The van der Waals surface area contributed by atoms with Crippen LogP contribution >= 0.6 is 0 Å². The fourth-order valence-electron chi connectivity index (χ4n) is 2.96. The average molecular weight is 329 g/mol. The third-order valence-corrected chi connectivity index (χ3v) is 4.60. The summed E-state index contributed by atoms with van der Waals surface area (Å²) in [6.07, 6.45) is 6.50. The molecule has 1 aromatic carbocycles. The molecule has 0 aliphatic heterocycles. The minimum atomic E-state index is -0.348. The van der Waals surface area contributed by atoms with Crippen molar-refractivity contribution in [2.75, 3.05) is 6.61 Å². The number of rotatable bonds is 6. The molecule has 0 heterocycles. The molecule has 1 N–H and O–H groups in total. The van der Waals surface area contributed by atoms with Crippen molar-refractivity contribution in [1.82, 2.24) is 5.32 Å². The maximum atomic E-state index is 12.2. The van der Waals surface area contributed by atoms with Crippen molar-refractivity contribution < 1.29 is 14.3 Å². The third-order valence-electron chi connectivity index (χ3n) is 4.60. The van der Waals surface area contributed by atoms with E-state index < -0.39 is 0 Å². The molecule has 4 heteroatoms. The van der Waals surface area contributed by atoms with Gasteiger partial charge in [-0.15, -0.1) is 0 Å². The highest BCUT2D eigenvalue weighted by atomic mass is 16.5. The Bertz CT molecular complexity index is 591. The molecule has 0 fully saturated rings. The molecule has 1 aromatic rings. The molecule has 0 saturated carbocycles. The van der Waals surface area contributed by atoms with Crippen LogP contribution in [0.3, 0.4) is 0 Å². The Labute approximate surface area is 144 Å². The Balaban J connectivity index is 1.93. The van der Waals surface area contributed by atoms with Gasteiger partial charge in [-0.2, -0.15) is 0 Å². The molecular formula is C20H27NO3. The molecule has 24 heavy (non-hydrogen) atoms. The molecule has 2 rings (SSSR count). The highest BCUT2D eigenvalue weighted by Gasteiger charge is 2.22. The predicted molar refractivity (Wildman–Crippen MR) is 94.3 cm³/mol. The number of carbonyl (C=O) groups is 2. The van der Waals surface area contributed by atoms with Crippen LogP contribution in [0.1, 0.15) is 50.3 Å². The molecule has 3 unspecified atom stereocenters. The van der Waals surface area contributed by atoms with E-state index >= 15 is 0 Å². The molecule has 1 amide bonds. The molecular weight excluding hydrogens is 302 g/mol. The van der Waals surface area contributed by atoms with Gasteiger partial charge in [0.15, 0.2) is 0 Å². The van der Waals surface area contributed by atoms with Crippen molar-refractivity contribution in [3.63, 3.8) is 0 Å². The monoisotopic (exact) mass is 329 g/mol. The number of ether oxygens (including phenoxy) is 1. The van der Waals surface area contributed by atoms with Gasteiger partial charge in [0.1, 0.15) is 0 Å². The first kappa shape index (κ1) is 18.2. The summed E-state index contributed by atoms with van der Waals surface area (Å²) in [4.78, 5) is 23.7. The van der Waals surface area contributed by atoms with E-state index in [1.54, 1.807) is 0 Å². The second kappa shape index (κ2) is 8.67. The van der Waals surface area contributed by atoms with Gasteiger partial charge in [-0.25, -0.2) is 0 Å². The number of aryl methyl sites for hydroxylation is 1. The van der Waals surface area contributed by atoms with Crippen molar-refractivity contribution in [2.24, 2.45) is 11.8 Å². The highest BCUT2D eigenvalue weighted by molar-refractivity contribution is 5.76. The molecule has 3 atom stereocenters. The van der Waals surface area contributed by atoms with Crippen LogP contribution in [0.2, 0.25) is 0 Å². The summed E-state index contributed by atoms with van der Waals surface area (Å²) in [5.74, 6) is 0.499. The first-order chi connectivity index (χ1) is 11.5. The van der Waals surface area contributed by atoms with Crippen LogP contribution in [-0.2, 0) is 14.3 Å². The number of carbonyl (C=O) groups excluding carboxylic acids is 2. The lowest BCUT2D eigenvalue weighted by Gasteiger charge is -2.25. The quantitative estimate of drug-likeness (QED) is 0.639. The molecule has 0 aromatic heterocycles. The van der Waals surface area contributed by atoms with Crippen molar-refractivity contribution in [3.8, 4) is 0 Å². The normalized spacial score (nSPS) is 21.1. The van der Waals surface area contributed by atoms with E-state index in [9.17, 15) is 9.59 Å². The first-order valence-corrected chi connectivity index (χ1v) is 8.60. The van der Waals surface area contributed by atoms with Crippen LogP contribution in [0.25, 0.3) is 0 Å². The van der Waals surface area contributed by atoms with Crippen molar-refractivity contribution in [2.45, 2.75) is 46.1 Å². The molecule has 0 spiro atoms. The third kappa shape index (κ3) is 5.52. The number of hydrogen-bond donors (Lipinski definition) is 1. The van der Waals surface area contributed by atoms with E-state index in [1.165, 1.54) is 6.92 Å². The number of nitrogens with one attached hydrogen (secondary N) is 1. The molecule has 130 valence electrons. The molecule has 4 nitrogen and oxygen atoms in total. The number of hydrogen-bond acceptors (Lipinski definition) is 3. The zero-order chi connectivity index (χ0) is 17.5. The summed E-state index contributed by atoms with van der Waals surface area (Å²) >= 11 is 0. The Morgan fingerprint density at radius 2 is 1.88 bits per heavy atom. The topological polar surface area (TPSA) is 55.4 Å². The molecule has 0 bridgehead atoms. The van der Waals surface area contributed by atoms with E-state index in [0.717, 1.165) is 24.0 Å². The average Bonchev–Trinajstić information content (AvgIpc) is 2.54. The van der Waals surface area contributed by atoms with E-state index in [2.05, 4.69) is 24.4 Å². The SMILES string of the molecule is CC(=O)NC(CC(=O)OCC1CC=CCC1C)c1ccc(C)cc1. The van der Waals surface area contributed by atoms with Gasteiger partial charge in [0.2, 0.25) is 5.91 Å². The summed E-state index contributed by atoms with van der Waals surface area (Å²) in [7, 11) is 0. The van der Waals surface area contributed by atoms with Crippen LogP contribution in [0.5, 0.6) is 0 Å². The minimum absolute atomic E-state index is 0.152. The van der Waals surface area contributed by atoms with Gasteiger partial charge < -0.3 is 10.1 Å². The van der Waals surface area contributed by atoms with Gasteiger partial charge in [-0.05, 0) is 37.2 Å². The smallest absolute Gasteiger partial charge is 0.308 e. The van der Waals surface area contributed by atoms with Crippen molar-refractivity contribution >= 4 is 11.9 Å². The van der Waals surface area contributed by atoms with Gasteiger partial charge in [0.25, 0.3) is 0 Å². The lowest BCUT2D eigenvalue weighted by molar-refractivity contribution is -0.146. The highest BCUT2D eigenvalue weighted by Crippen LogP contribution is 2.25. The predicted octanol–water partition coefficient (Wildman–Crippen LogP) is 3.71. The largest absolute Gasteiger partial charge is 0.465 e. The minimum Gasteiger partial charge on any atom is -0.465 e. The fourth-order valence-corrected chi connectivity index (χ4v) is 2.96. The summed E-state index contributed by atoms with van der Waals surface area (Å²) in [6.45, 7) is 6.10. The van der Waals surface area contributed by atoms with Crippen molar-refractivity contribution in [1.29, 1.82) is 0 Å². The summed E-state index contributed by atoms with van der Waals surface area (Å²) in [5, 5.41) is 2.84. The van der Waals surface area contributed by atoms with Crippen LogP contribution in [-0.4, -0.2) is 18.5 Å². The van der Waals surface area contributed by atoms with Crippen molar-refractivity contribution in [3.05, 3.63) is 47.5 Å². The van der Waals surface area contributed by atoms with E-state index in [0.29, 0.717) is 18.4 Å². The van der Waals surface area contributed by atoms with Gasteiger partial charge >= 0.3 is 5.97 Å². The molecule has 1 aliphatic carbocycles. The Morgan fingerprint density at radius 1 is 1.21 bits per heavy atom. The van der Waals surface area contributed by atoms with Gasteiger partial charge in [0.05, 0.1) is 19.1 Å². The molecule has 1 aliphatic rings. The number of amides is 1. The van der Waals surface area contributed by atoms with Crippen LogP contribution < -0.4 is 5.32 Å². The number of allylic oxidation sites excluding steroid dienone is 2. The van der Waals surface area contributed by atoms with Crippen LogP contribution in [0, 0.1) is 18.8 Å². The Kier molecular flexibility index (Phi) is 6.59. The van der Waals surface area contributed by atoms with E-state index in [4.69, 9.17) is 4.74 Å². The number of esters is 1. The fraction of sp³-hybridized carbons (Fsp3) is 0.500. The van der Waals surface area contributed by atoms with Crippen LogP contribution in [0.15, 0.2) is 36.4 Å². The summed E-state index contributed by atoms with van der Waals surface area (Å²) in [6, 6.07) is 7.49. The summed E-state index contributed by atoms with van der Waals surface area (Å²) in [5.41, 5.74) is 2.06. The zero-order valence-electron chi connectivity index (χ0n) is 14.7. The zero-order valence-corrected chi connectivity index (χ0v) is 14.7. The molecule has 0 radical (unpaired) electrons. The van der Waals surface area contributed by atoms with Gasteiger partial charge in [-0.1, -0.05) is 48.9 Å². The Morgan fingerprint density at radius 3 is 2.50 bits per heavy atom. The van der Waals surface area contributed by atoms with E-state index in [-0.39, 0.29) is 24.3 Å². The lowest BCUT2D eigenvalue weighted by Crippen LogP contribution is -2.29. The van der Waals surface area contributed by atoms with Crippen LogP contribution in [0.4, 0.5) is 0 Å². The second-order valence-corrected chi connectivity index (χ2v) is 6.73. The molecule has 0 saturated heterocycles. The van der Waals surface area contributed by atoms with Gasteiger partial charge in [0, 0.05) is 6.92 Å². The maximum absolute atomic E-state index is 12.2. The standard InChI is InChI=1S/C20H27NO3/c1-14-8-10-17(11-9-14)19(21-16(3)22)12-20(23)24-13-18-7-5-4-6-15(18)2/h4-5,8-11,15,18-19H,6-7,12-13H2,1-3H3,(H,21,22).